The Bertz CT molecular complexity index is 1050. The molecule has 0 aliphatic rings. The first-order valence-electron chi connectivity index (χ1n) is 7.68. The highest BCUT2D eigenvalue weighted by Crippen LogP contribution is 2.33. The average Bonchev–Trinajstić information content (AvgIpc) is 2.64. The minimum Gasteiger partial charge on any atom is -0.508 e. The third-order valence-electron chi connectivity index (χ3n) is 3.93. The van der Waals surface area contributed by atoms with E-state index in [4.69, 9.17) is 16.7 Å². The minimum atomic E-state index is -0.779. The van der Waals surface area contributed by atoms with Crippen LogP contribution in [0, 0.1) is 18.3 Å². The molecule has 26 heavy (non-hydrogen) atoms. The zero-order valence-corrected chi connectivity index (χ0v) is 13.9. The molecule has 0 unspecified atom stereocenters. The highest BCUT2D eigenvalue weighted by atomic mass is 16.3. The predicted molar refractivity (Wildman–Crippen MR) is 97.0 cm³/mol. The Morgan fingerprint density at radius 3 is 2.46 bits per heavy atom. The maximum absolute atomic E-state index is 11.8. The molecule has 0 fully saturated rings. The van der Waals surface area contributed by atoms with Gasteiger partial charge in [0.15, 0.2) is 11.5 Å². The zero-order chi connectivity index (χ0) is 18.8. The van der Waals surface area contributed by atoms with Crippen molar-refractivity contribution >= 4 is 11.6 Å². The topological polar surface area (TPSA) is 139 Å². The minimum absolute atomic E-state index is 0.0450. The van der Waals surface area contributed by atoms with Gasteiger partial charge in [-0.15, -0.1) is 0 Å². The van der Waals surface area contributed by atoms with E-state index in [0.29, 0.717) is 22.4 Å². The number of aromatic nitrogens is 2. The summed E-state index contributed by atoms with van der Waals surface area (Å²) in [6.45, 7) is 1.83. The Labute approximate surface area is 149 Å². The third kappa shape index (κ3) is 3.03. The van der Waals surface area contributed by atoms with E-state index in [1.54, 1.807) is 36.4 Å². The number of nitrogen functional groups attached to an aromatic ring is 1. The largest absolute Gasteiger partial charge is 0.508 e. The smallest absolute Gasteiger partial charge is 0.269 e. The van der Waals surface area contributed by atoms with Crippen LogP contribution in [0.2, 0.25) is 0 Å². The summed E-state index contributed by atoms with van der Waals surface area (Å²) in [5.74, 6) is -0.488. The van der Waals surface area contributed by atoms with Crippen LogP contribution in [0.3, 0.4) is 0 Å². The number of phenols is 1. The molecule has 0 atom stereocenters. The van der Waals surface area contributed by atoms with Gasteiger partial charge in [-0.25, -0.2) is 9.97 Å². The van der Waals surface area contributed by atoms with Crippen LogP contribution < -0.4 is 11.5 Å². The molecule has 3 rings (SSSR count). The number of carbonyl (C=O) groups is 1. The summed E-state index contributed by atoms with van der Waals surface area (Å²) in [7, 11) is 0. The lowest BCUT2D eigenvalue weighted by molar-refractivity contribution is 0.0996. The number of aryl methyl sites for hydroxylation is 1. The van der Waals surface area contributed by atoms with Gasteiger partial charge in [-0.1, -0.05) is 6.07 Å². The van der Waals surface area contributed by atoms with E-state index in [1.165, 1.54) is 6.07 Å². The Morgan fingerprint density at radius 2 is 1.85 bits per heavy atom. The summed E-state index contributed by atoms with van der Waals surface area (Å²) >= 11 is 0. The lowest BCUT2D eigenvalue weighted by atomic mass is 10.0. The second-order valence-corrected chi connectivity index (χ2v) is 5.71. The van der Waals surface area contributed by atoms with E-state index in [9.17, 15) is 9.90 Å². The molecule has 128 valence electrons. The SMILES string of the molecule is Cc1ccc(O)cc1-c1nc(-c2ccc(C#N)cc2)nc(C(N)=O)c1N. The normalized spacial score (nSPS) is 10.3. The molecule has 0 bridgehead atoms. The third-order valence-corrected chi connectivity index (χ3v) is 3.93. The van der Waals surface area contributed by atoms with Crippen molar-refractivity contribution in [2.75, 3.05) is 5.73 Å². The Balaban J connectivity index is 2.27. The van der Waals surface area contributed by atoms with E-state index in [0.717, 1.165) is 5.56 Å². The van der Waals surface area contributed by atoms with E-state index in [2.05, 4.69) is 9.97 Å². The Kier molecular flexibility index (Phi) is 4.25. The van der Waals surface area contributed by atoms with Gasteiger partial charge in [-0.3, -0.25) is 4.79 Å². The first-order valence-corrected chi connectivity index (χ1v) is 7.68. The molecule has 5 N–H and O–H groups in total. The molecule has 1 heterocycles. The fourth-order valence-corrected chi connectivity index (χ4v) is 2.55. The van der Waals surface area contributed by atoms with Crippen molar-refractivity contribution < 1.29 is 9.90 Å². The van der Waals surface area contributed by atoms with E-state index >= 15 is 0 Å². The molecule has 0 spiro atoms. The molecule has 0 saturated heterocycles. The van der Waals surface area contributed by atoms with Gasteiger partial charge in [0.25, 0.3) is 5.91 Å². The van der Waals surface area contributed by atoms with Crippen LogP contribution in [0.25, 0.3) is 22.6 Å². The molecule has 0 aliphatic heterocycles. The second kappa shape index (κ2) is 6.53. The van der Waals surface area contributed by atoms with Gasteiger partial charge < -0.3 is 16.6 Å². The number of hydrogen-bond acceptors (Lipinski definition) is 6. The van der Waals surface area contributed by atoms with Crippen molar-refractivity contribution in [1.82, 2.24) is 9.97 Å². The molecule has 0 radical (unpaired) electrons. The number of nitriles is 1. The lowest BCUT2D eigenvalue weighted by Gasteiger charge is -2.13. The van der Waals surface area contributed by atoms with Crippen molar-refractivity contribution in [2.24, 2.45) is 5.73 Å². The van der Waals surface area contributed by atoms with Crippen molar-refractivity contribution in [1.29, 1.82) is 5.26 Å². The van der Waals surface area contributed by atoms with Crippen LogP contribution in [0.4, 0.5) is 5.69 Å². The summed E-state index contributed by atoms with van der Waals surface area (Å²) < 4.78 is 0. The number of rotatable bonds is 3. The predicted octanol–water partition coefficient (Wildman–Crippen LogP) is 2.38. The summed E-state index contributed by atoms with van der Waals surface area (Å²) in [4.78, 5) is 20.5. The zero-order valence-electron chi connectivity index (χ0n) is 13.9. The number of amides is 1. The number of benzene rings is 2. The summed E-state index contributed by atoms with van der Waals surface area (Å²) in [6, 6.07) is 13.4. The van der Waals surface area contributed by atoms with Gasteiger partial charge in [0.1, 0.15) is 5.75 Å². The number of nitrogens with zero attached hydrogens (tertiary/aromatic N) is 3. The molecule has 3 aromatic rings. The molecule has 1 amide bonds. The quantitative estimate of drug-likeness (QED) is 0.666. The summed E-state index contributed by atoms with van der Waals surface area (Å²) in [5, 5.41) is 18.7. The number of anilines is 1. The van der Waals surface area contributed by atoms with Crippen LogP contribution in [0.5, 0.6) is 5.75 Å². The number of primary amides is 1. The van der Waals surface area contributed by atoms with Crippen LogP contribution in [0.1, 0.15) is 21.6 Å². The summed E-state index contributed by atoms with van der Waals surface area (Å²) in [5.41, 5.74) is 14.2. The maximum atomic E-state index is 11.8. The standard InChI is InChI=1S/C19H15N5O2/c1-10-2-7-13(25)8-14(10)16-15(21)17(18(22)26)24-19(23-16)12-5-3-11(9-20)4-6-12/h2-8,25H,21H2,1H3,(H2,22,26). The Morgan fingerprint density at radius 1 is 1.15 bits per heavy atom. The van der Waals surface area contributed by atoms with Gasteiger partial charge in [-0.2, -0.15) is 5.26 Å². The van der Waals surface area contributed by atoms with Crippen molar-refractivity contribution in [3.05, 3.63) is 59.3 Å². The van der Waals surface area contributed by atoms with Gasteiger partial charge in [0.05, 0.1) is 23.0 Å². The van der Waals surface area contributed by atoms with Gasteiger partial charge in [-0.05, 0) is 48.9 Å². The van der Waals surface area contributed by atoms with Crippen LogP contribution in [-0.4, -0.2) is 21.0 Å². The van der Waals surface area contributed by atoms with Crippen molar-refractivity contribution in [2.45, 2.75) is 6.92 Å². The molecule has 7 nitrogen and oxygen atoms in total. The molecule has 0 saturated carbocycles. The molecule has 2 aromatic carbocycles. The van der Waals surface area contributed by atoms with Gasteiger partial charge in [0, 0.05) is 11.1 Å². The monoisotopic (exact) mass is 345 g/mol. The van der Waals surface area contributed by atoms with Crippen LogP contribution in [0.15, 0.2) is 42.5 Å². The molecule has 7 heteroatoms. The number of aromatic hydroxyl groups is 1. The number of phenolic OH excluding ortho intramolecular Hbond substituents is 1. The number of hydrogen-bond donors (Lipinski definition) is 3. The average molecular weight is 345 g/mol. The molecular formula is C19H15N5O2. The highest BCUT2D eigenvalue weighted by molar-refractivity contribution is 5.99. The van der Waals surface area contributed by atoms with Gasteiger partial charge in [0.2, 0.25) is 0 Å². The number of nitrogens with two attached hydrogens (primary N) is 2. The molecule has 1 aromatic heterocycles. The fourth-order valence-electron chi connectivity index (χ4n) is 2.55. The van der Waals surface area contributed by atoms with E-state index in [1.807, 2.05) is 13.0 Å². The van der Waals surface area contributed by atoms with E-state index in [-0.39, 0.29) is 23.0 Å². The van der Waals surface area contributed by atoms with E-state index < -0.39 is 5.91 Å². The lowest BCUT2D eigenvalue weighted by Crippen LogP contribution is -2.18. The highest BCUT2D eigenvalue weighted by Gasteiger charge is 2.19. The second-order valence-electron chi connectivity index (χ2n) is 5.71. The first-order chi connectivity index (χ1) is 12.4. The Hall–Kier alpha value is -3.92. The summed E-state index contributed by atoms with van der Waals surface area (Å²) in [6.07, 6.45) is 0. The molecular weight excluding hydrogens is 330 g/mol. The number of carbonyl (C=O) groups excluding carboxylic acids is 1. The van der Waals surface area contributed by atoms with Gasteiger partial charge >= 0.3 is 0 Å². The van der Waals surface area contributed by atoms with Crippen LogP contribution in [-0.2, 0) is 0 Å². The fraction of sp³-hybridized carbons (Fsp3) is 0.0526. The first kappa shape index (κ1) is 16.9. The molecule has 0 aliphatic carbocycles. The van der Waals surface area contributed by atoms with Crippen LogP contribution >= 0.6 is 0 Å². The van der Waals surface area contributed by atoms with Crippen molar-refractivity contribution in [3.8, 4) is 34.5 Å². The maximum Gasteiger partial charge on any atom is 0.269 e. The van der Waals surface area contributed by atoms with Crippen molar-refractivity contribution in [3.63, 3.8) is 0 Å².